The summed E-state index contributed by atoms with van der Waals surface area (Å²) >= 11 is 1.41. The summed E-state index contributed by atoms with van der Waals surface area (Å²) in [6.45, 7) is -0.445. The molecule has 0 aromatic rings. The highest BCUT2D eigenvalue weighted by molar-refractivity contribution is 7.98. The molecule has 11 N–H and O–H groups in total. The van der Waals surface area contributed by atoms with Crippen molar-refractivity contribution in [2.75, 3.05) is 25.2 Å². The van der Waals surface area contributed by atoms with Gasteiger partial charge in [-0.2, -0.15) is 11.8 Å². The molecule has 0 aromatic heterocycles. The first-order valence-electron chi connectivity index (χ1n) is 10.0. The summed E-state index contributed by atoms with van der Waals surface area (Å²) in [5.74, 6) is -3.95. The van der Waals surface area contributed by atoms with Crippen molar-refractivity contribution < 1.29 is 34.2 Å². The molecule has 0 spiro atoms. The Kier molecular flexibility index (Phi) is 15.0. The molecule has 0 rings (SSSR count). The minimum Gasteiger partial charge on any atom is -0.480 e. The molecule has 0 heterocycles. The van der Waals surface area contributed by atoms with E-state index in [1.54, 1.807) is 6.26 Å². The molecule has 0 radical (unpaired) electrons. The molecule has 0 aliphatic rings. The zero-order valence-corrected chi connectivity index (χ0v) is 18.9. The lowest BCUT2D eigenvalue weighted by atomic mass is 10.1. The number of aliphatic hydroxyl groups excluding tert-OH is 1. The van der Waals surface area contributed by atoms with Crippen molar-refractivity contribution in [1.82, 2.24) is 16.0 Å². The fourth-order valence-electron chi connectivity index (χ4n) is 2.58. The van der Waals surface area contributed by atoms with Gasteiger partial charge in [-0.15, -0.1) is 0 Å². The summed E-state index contributed by atoms with van der Waals surface area (Å²) in [6, 6.07) is -4.93. The van der Waals surface area contributed by atoms with Crippen molar-refractivity contribution in [1.29, 1.82) is 0 Å². The van der Waals surface area contributed by atoms with Crippen molar-refractivity contribution in [3.05, 3.63) is 0 Å². The number of rotatable bonds is 17. The molecule has 14 heteroatoms. The van der Waals surface area contributed by atoms with Gasteiger partial charge in [0.05, 0.1) is 19.1 Å². The molecule has 4 atom stereocenters. The molecular formula is C18H34N6O7S. The molecule has 0 aliphatic heterocycles. The molecule has 0 fully saturated rings. The highest BCUT2D eigenvalue weighted by atomic mass is 32.2. The fourth-order valence-corrected chi connectivity index (χ4v) is 3.06. The van der Waals surface area contributed by atoms with Crippen molar-refractivity contribution in [3.8, 4) is 0 Å². The summed E-state index contributed by atoms with van der Waals surface area (Å²) in [5.41, 5.74) is 16.1. The first kappa shape index (κ1) is 29.6. The average Bonchev–Trinajstić information content (AvgIpc) is 2.72. The van der Waals surface area contributed by atoms with E-state index in [0.29, 0.717) is 25.1 Å². The van der Waals surface area contributed by atoms with Crippen LogP contribution in [-0.2, 0) is 24.0 Å². The number of primary amides is 1. The highest BCUT2D eigenvalue weighted by Crippen LogP contribution is 2.06. The largest absolute Gasteiger partial charge is 0.480 e. The fraction of sp³-hybridized carbons (Fsp3) is 0.722. The maximum atomic E-state index is 12.8. The van der Waals surface area contributed by atoms with E-state index in [1.807, 2.05) is 0 Å². The Morgan fingerprint density at radius 1 is 0.906 bits per heavy atom. The molecule has 184 valence electrons. The van der Waals surface area contributed by atoms with Crippen LogP contribution in [0.3, 0.4) is 0 Å². The van der Waals surface area contributed by atoms with E-state index < -0.39 is 66.8 Å². The van der Waals surface area contributed by atoms with Crippen molar-refractivity contribution >= 4 is 41.4 Å². The highest BCUT2D eigenvalue weighted by Gasteiger charge is 2.30. The molecule has 32 heavy (non-hydrogen) atoms. The maximum Gasteiger partial charge on any atom is 0.328 e. The Balaban J connectivity index is 5.37. The Morgan fingerprint density at radius 2 is 1.44 bits per heavy atom. The van der Waals surface area contributed by atoms with E-state index >= 15 is 0 Å². The van der Waals surface area contributed by atoms with Gasteiger partial charge in [-0.05, 0) is 44.2 Å². The normalized spacial score (nSPS) is 14.5. The molecule has 4 amide bonds. The lowest BCUT2D eigenvalue weighted by Gasteiger charge is -2.25. The van der Waals surface area contributed by atoms with E-state index in [0.717, 1.165) is 0 Å². The van der Waals surface area contributed by atoms with Crippen LogP contribution < -0.4 is 33.2 Å². The van der Waals surface area contributed by atoms with Gasteiger partial charge in [-0.25, -0.2) is 4.79 Å². The first-order chi connectivity index (χ1) is 15.1. The van der Waals surface area contributed by atoms with Crippen LogP contribution in [0.2, 0.25) is 0 Å². The zero-order chi connectivity index (χ0) is 24.7. The van der Waals surface area contributed by atoms with Crippen molar-refractivity contribution in [2.45, 2.75) is 56.3 Å². The molecule has 0 saturated carbocycles. The number of carbonyl (C=O) groups excluding carboxylic acids is 4. The lowest BCUT2D eigenvalue weighted by molar-refractivity contribution is -0.143. The van der Waals surface area contributed by atoms with E-state index in [1.165, 1.54) is 11.8 Å². The molecule has 13 nitrogen and oxygen atoms in total. The number of unbranched alkanes of at least 4 members (excludes halogenated alkanes) is 1. The second kappa shape index (κ2) is 16.2. The number of aliphatic hydroxyl groups is 1. The Bertz CT molecular complexity index is 651. The number of carbonyl (C=O) groups is 5. The van der Waals surface area contributed by atoms with Gasteiger partial charge in [0, 0.05) is 0 Å². The Morgan fingerprint density at radius 3 is 1.91 bits per heavy atom. The number of hydrogen-bond acceptors (Lipinski definition) is 9. The van der Waals surface area contributed by atoms with Gasteiger partial charge in [0.2, 0.25) is 23.6 Å². The number of amides is 4. The molecule has 0 aromatic carbocycles. The van der Waals surface area contributed by atoms with Gasteiger partial charge in [0.25, 0.3) is 0 Å². The number of nitrogens with two attached hydrogens (primary N) is 3. The van der Waals surface area contributed by atoms with Gasteiger partial charge in [0.1, 0.15) is 18.1 Å². The molecule has 0 saturated heterocycles. The second-order valence-corrected chi connectivity index (χ2v) is 8.03. The summed E-state index contributed by atoms with van der Waals surface area (Å²) in [7, 11) is 0. The van der Waals surface area contributed by atoms with Crippen molar-refractivity contribution in [3.63, 3.8) is 0 Å². The standard InChI is InChI=1S/C18H34N6O7S/c1-32-7-5-12(17(29)24-13(9-25)18(30)31)23-16(28)11(4-2-3-6-19)22-15(27)10(20)8-14(21)26/h10-13,25H,2-9,19-20H2,1H3,(H2,21,26)(H,22,27)(H,23,28)(H,24,29)(H,30,31). The summed E-state index contributed by atoms with van der Waals surface area (Å²) in [4.78, 5) is 59.7. The smallest absolute Gasteiger partial charge is 0.328 e. The van der Waals surface area contributed by atoms with Crippen molar-refractivity contribution in [2.24, 2.45) is 17.2 Å². The Labute approximate surface area is 190 Å². The second-order valence-electron chi connectivity index (χ2n) is 7.05. The number of hydrogen-bond donors (Lipinski definition) is 8. The van der Waals surface area contributed by atoms with Gasteiger partial charge in [0.15, 0.2) is 0 Å². The zero-order valence-electron chi connectivity index (χ0n) is 18.0. The lowest BCUT2D eigenvalue weighted by Crippen LogP contribution is -2.57. The predicted octanol–water partition coefficient (Wildman–Crippen LogP) is -3.40. The van der Waals surface area contributed by atoms with Crippen LogP contribution in [0.1, 0.15) is 32.1 Å². The number of thioether (sulfide) groups is 1. The van der Waals surface area contributed by atoms with Crippen LogP contribution >= 0.6 is 11.8 Å². The van der Waals surface area contributed by atoms with Gasteiger partial charge in [-0.3, -0.25) is 19.2 Å². The van der Waals surface area contributed by atoms with Crippen LogP contribution in [0, 0.1) is 0 Å². The monoisotopic (exact) mass is 478 g/mol. The predicted molar refractivity (Wildman–Crippen MR) is 118 cm³/mol. The van der Waals surface area contributed by atoms with E-state index in [9.17, 15) is 24.0 Å². The summed E-state index contributed by atoms with van der Waals surface area (Å²) < 4.78 is 0. The average molecular weight is 479 g/mol. The third-order valence-electron chi connectivity index (χ3n) is 4.38. The van der Waals surface area contributed by atoms with Gasteiger partial charge in [-0.1, -0.05) is 0 Å². The van der Waals surface area contributed by atoms with Crippen LogP contribution in [0.4, 0.5) is 0 Å². The van der Waals surface area contributed by atoms with Crippen LogP contribution in [0.15, 0.2) is 0 Å². The number of aliphatic carboxylic acids is 1. The molecule has 4 unspecified atom stereocenters. The third kappa shape index (κ3) is 11.8. The quantitative estimate of drug-likeness (QED) is 0.0963. The van der Waals surface area contributed by atoms with Gasteiger partial charge >= 0.3 is 5.97 Å². The minimum absolute atomic E-state index is 0.182. The van der Waals surface area contributed by atoms with Crippen LogP contribution in [-0.4, -0.2) is 89.1 Å². The van der Waals surface area contributed by atoms with Gasteiger partial charge < -0.3 is 43.4 Å². The SMILES string of the molecule is CSCCC(NC(=O)C(CCCCN)NC(=O)C(N)CC(N)=O)C(=O)NC(CO)C(=O)O. The summed E-state index contributed by atoms with van der Waals surface area (Å²) in [5, 5.41) is 25.3. The van der Waals surface area contributed by atoms with Crippen LogP contribution in [0.5, 0.6) is 0 Å². The first-order valence-corrected chi connectivity index (χ1v) is 11.4. The topological polar surface area (TPSA) is 240 Å². The third-order valence-corrected chi connectivity index (χ3v) is 5.02. The minimum atomic E-state index is -1.52. The maximum absolute atomic E-state index is 12.8. The Hall–Kier alpha value is -2.42. The summed E-state index contributed by atoms with van der Waals surface area (Å²) in [6.07, 6.45) is 2.85. The van der Waals surface area contributed by atoms with E-state index in [4.69, 9.17) is 27.4 Å². The molecular weight excluding hydrogens is 444 g/mol. The number of carboxylic acid groups (broad SMARTS) is 1. The number of carboxylic acids is 1. The van der Waals surface area contributed by atoms with E-state index in [-0.39, 0.29) is 12.8 Å². The number of nitrogens with one attached hydrogen (secondary N) is 3. The van der Waals surface area contributed by atoms with Crippen LogP contribution in [0.25, 0.3) is 0 Å². The molecule has 0 aliphatic carbocycles. The molecule has 0 bridgehead atoms. The van der Waals surface area contributed by atoms with E-state index in [2.05, 4.69) is 16.0 Å².